The first-order valence-electron chi connectivity index (χ1n) is 7.60. The quantitative estimate of drug-likeness (QED) is 0.824. The maximum atomic E-state index is 12.8. The molecule has 1 heterocycles. The van der Waals surface area contributed by atoms with Crippen LogP contribution in [0.15, 0.2) is 30.5 Å². The predicted molar refractivity (Wildman–Crippen MR) is 81.9 cm³/mol. The highest BCUT2D eigenvalue weighted by Gasteiger charge is 2.23. The van der Waals surface area contributed by atoms with Crippen molar-refractivity contribution in [2.75, 3.05) is 7.05 Å². The lowest BCUT2D eigenvalue weighted by molar-refractivity contribution is 0.0719. The molecule has 2 aromatic rings. The van der Waals surface area contributed by atoms with Crippen LogP contribution in [-0.2, 0) is 0 Å². The van der Waals surface area contributed by atoms with E-state index >= 15 is 0 Å². The Morgan fingerprint density at radius 1 is 1.15 bits per heavy atom. The summed E-state index contributed by atoms with van der Waals surface area (Å²) < 4.78 is 0. The SMILES string of the molecule is CN(C(=O)c1cccc2cc[nH]c12)C1CCCCCC1. The average molecular weight is 270 g/mol. The molecule has 1 amide bonds. The first kappa shape index (κ1) is 13.2. The molecule has 0 saturated heterocycles. The van der Waals surface area contributed by atoms with Gasteiger partial charge in [0.25, 0.3) is 5.91 Å². The molecule has 1 aromatic heterocycles. The summed E-state index contributed by atoms with van der Waals surface area (Å²) in [5.74, 6) is 0.143. The van der Waals surface area contributed by atoms with Crippen LogP contribution in [-0.4, -0.2) is 28.9 Å². The van der Waals surface area contributed by atoms with Crippen molar-refractivity contribution in [2.24, 2.45) is 0 Å². The molecule has 1 aliphatic carbocycles. The Morgan fingerprint density at radius 3 is 2.65 bits per heavy atom. The van der Waals surface area contributed by atoms with Gasteiger partial charge in [0.05, 0.1) is 11.1 Å². The normalized spacial score (nSPS) is 17.1. The third-order valence-electron chi connectivity index (χ3n) is 4.51. The number of H-pyrrole nitrogens is 1. The third-order valence-corrected chi connectivity index (χ3v) is 4.51. The standard InChI is InChI=1S/C17H22N2O/c1-19(14-8-4-2-3-5-9-14)17(20)15-10-6-7-13-11-12-18-16(13)15/h6-7,10-12,14,18H,2-5,8-9H2,1H3. The van der Waals surface area contributed by atoms with Crippen molar-refractivity contribution in [2.45, 2.75) is 44.6 Å². The van der Waals surface area contributed by atoms with Crippen LogP contribution in [0.1, 0.15) is 48.9 Å². The van der Waals surface area contributed by atoms with E-state index in [4.69, 9.17) is 0 Å². The van der Waals surface area contributed by atoms with E-state index in [0.717, 1.165) is 29.3 Å². The number of hydrogen-bond acceptors (Lipinski definition) is 1. The number of nitrogens with zero attached hydrogens (tertiary/aromatic N) is 1. The smallest absolute Gasteiger partial charge is 0.255 e. The van der Waals surface area contributed by atoms with Gasteiger partial charge in [-0.2, -0.15) is 0 Å². The molecule has 3 rings (SSSR count). The maximum Gasteiger partial charge on any atom is 0.255 e. The van der Waals surface area contributed by atoms with E-state index in [1.54, 1.807) is 0 Å². The second-order valence-electron chi connectivity index (χ2n) is 5.81. The van der Waals surface area contributed by atoms with E-state index in [-0.39, 0.29) is 5.91 Å². The molecule has 0 radical (unpaired) electrons. The molecular formula is C17H22N2O. The summed E-state index contributed by atoms with van der Waals surface area (Å²) in [6.45, 7) is 0. The summed E-state index contributed by atoms with van der Waals surface area (Å²) >= 11 is 0. The van der Waals surface area contributed by atoms with Crippen LogP contribution in [0.2, 0.25) is 0 Å². The summed E-state index contributed by atoms with van der Waals surface area (Å²) in [7, 11) is 1.96. The molecule has 1 aliphatic rings. The van der Waals surface area contributed by atoms with Gasteiger partial charge < -0.3 is 9.88 Å². The van der Waals surface area contributed by atoms with Crippen molar-refractivity contribution in [3.05, 3.63) is 36.0 Å². The topological polar surface area (TPSA) is 36.1 Å². The summed E-state index contributed by atoms with van der Waals surface area (Å²) in [5.41, 5.74) is 1.75. The lowest BCUT2D eigenvalue weighted by atomic mass is 10.1. The largest absolute Gasteiger partial charge is 0.361 e. The lowest BCUT2D eigenvalue weighted by Crippen LogP contribution is -2.36. The predicted octanol–water partition coefficient (Wildman–Crippen LogP) is 3.96. The van der Waals surface area contributed by atoms with Gasteiger partial charge in [0.1, 0.15) is 0 Å². The van der Waals surface area contributed by atoms with Crippen molar-refractivity contribution >= 4 is 16.8 Å². The zero-order chi connectivity index (χ0) is 13.9. The zero-order valence-corrected chi connectivity index (χ0v) is 12.1. The van der Waals surface area contributed by atoms with Crippen LogP contribution in [0.25, 0.3) is 10.9 Å². The Kier molecular flexibility index (Phi) is 3.77. The maximum absolute atomic E-state index is 12.8. The second kappa shape index (κ2) is 5.70. The monoisotopic (exact) mass is 270 g/mol. The molecular weight excluding hydrogens is 248 g/mol. The molecule has 1 saturated carbocycles. The molecule has 0 bridgehead atoms. The fourth-order valence-electron chi connectivity index (χ4n) is 3.26. The molecule has 0 aliphatic heterocycles. The Bertz CT molecular complexity index is 594. The Balaban J connectivity index is 1.85. The van der Waals surface area contributed by atoms with Gasteiger partial charge in [0.15, 0.2) is 0 Å². The number of carbonyl (C=O) groups is 1. The van der Waals surface area contributed by atoms with E-state index < -0.39 is 0 Å². The molecule has 3 nitrogen and oxygen atoms in total. The summed E-state index contributed by atoms with van der Waals surface area (Å²) in [5, 5.41) is 1.10. The molecule has 1 fully saturated rings. The highest BCUT2D eigenvalue weighted by molar-refractivity contribution is 6.05. The first-order chi connectivity index (χ1) is 9.77. The van der Waals surface area contributed by atoms with Gasteiger partial charge >= 0.3 is 0 Å². The van der Waals surface area contributed by atoms with E-state index in [0.29, 0.717) is 6.04 Å². The average Bonchev–Trinajstić information content (AvgIpc) is 2.79. The highest BCUT2D eigenvalue weighted by atomic mass is 16.2. The number of carbonyl (C=O) groups excluding carboxylic acids is 1. The minimum absolute atomic E-state index is 0.143. The minimum atomic E-state index is 0.143. The fraction of sp³-hybridized carbons (Fsp3) is 0.471. The summed E-state index contributed by atoms with van der Waals surface area (Å²) in [6.07, 6.45) is 9.29. The molecule has 3 heteroatoms. The molecule has 20 heavy (non-hydrogen) atoms. The lowest BCUT2D eigenvalue weighted by Gasteiger charge is -2.27. The number of aromatic nitrogens is 1. The van der Waals surface area contributed by atoms with Gasteiger partial charge in [-0.15, -0.1) is 0 Å². The number of nitrogens with one attached hydrogen (secondary N) is 1. The molecule has 0 atom stereocenters. The summed E-state index contributed by atoms with van der Waals surface area (Å²) in [4.78, 5) is 17.9. The molecule has 1 N–H and O–H groups in total. The van der Waals surface area contributed by atoms with Gasteiger partial charge in [0, 0.05) is 24.7 Å². The van der Waals surface area contributed by atoms with Crippen molar-refractivity contribution in [3.63, 3.8) is 0 Å². The van der Waals surface area contributed by atoms with Crippen LogP contribution in [0, 0.1) is 0 Å². The molecule has 0 unspecified atom stereocenters. The number of benzene rings is 1. The van der Waals surface area contributed by atoms with Gasteiger partial charge in [-0.3, -0.25) is 4.79 Å². The Hall–Kier alpha value is -1.77. The van der Waals surface area contributed by atoms with Crippen LogP contribution in [0.4, 0.5) is 0 Å². The fourth-order valence-corrected chi connectivity index (χ4v) is 3.26. The van der Waals surface area contributed by atoms with E-state index in [9.17, 15) is 4.79 Å². The van der Waals surface area contributed by atoms with Gasteiger partial charge in [-0.1, -0.05) is 37.8 Å². The van der Waals surface area contributed by atoms with Gasteiger partial charge in [-0.05, 0) is 25.0 Å². The Morgan fingerprint density at radius 2 is 1.90 bits per heavy atom. The number of hydrogen-bond donors (Lipinski definition) is 1. The van der Waals surface area contributed by atoms with Crippen LogP contribution in [0.3, 0.4) is 0 Å². The Labute approximate surface area is 120 Å². The van der Waals surface area contributed by atoms with Crippen LogP contribution in [0.5, 0.6) is 0 Å². The summed E-state index contributed by atoms with van der Waals surface area (Å²) in [6, 6.07) is 8.33. The van der Waals surface area contributed by atoms with Crippen LogP contribution < -0.4 is 0 Å². The minimum Gasteiger partial charge on any atom is -0.361 e. The van der Waals surface area contributed by atoms with Gasteiger partial charge in [-0.25, -0.2) is 0 Å². The van der Waals surface area contributed by atoms with Crippen LogP contribution >= 0.6 is 0 Å². The van der Waals surface area contributed by atoms with Crippen molar-refractivity contribution in [1.29, 1.82) is 0 Å². The number of fused-ring (bicyclic) bond motifs is 1. The third kappa shape index (κ3) is 2.45. The van der Waals surface area contributed by atoms with Crippen molar-refractivity contribution in [1.82, 2.24) is 9.88 Å². The molecule has 1 aromatic carbocycles. The van der Waals surface area contributed by atoms with E-state index in [1.165, 1.54) is 25.7 Å². The number of para-hydroxylation sites is 1. The number of aromatic amines is 1. The highest BCUT2D eigenvalue weighted by Crippen LogP contribution is 2.24. The number of rotatable bonds is 2. The van der Waals surface area contributed by atoms with Crippen molar-refractivity contribution in [3.8, 4) is 0 Å². The zero-order valence-electron chi connectivity index (χ0n) is 12.1. The molecule has 0 spiro atoms. The van der Waals surface area contributed by atoms with Gasteiger partial charge in [0.2, 0.25) is 0 Å². The van der Waals surface area contributed by atoms with Crippen molar-refractivity contribution < 1.29 is 4.79 Å². The molecule has 106 valence electrons. The van der Waals surface area contributed by atoms with E-state index in [1.807, 2.05) is 42.4 Å². The second-order valence-corrected chi connectivity index (χ2v) is 5.81. The van der Waals surface area contributed by atoms with E-state index in [2.05, 4.69) is 4.98 Å². The number of amides is 1. The first-order valence-corrected chi connectivity index (χ1v) is 7.60.